The SMILES string of the molecule is CC(=O)SCC(=O)c1ccc(NSc2cccc(F)c2)cc1. The van der Waals surface area contributed by atoms with Crippen LogP contribution in [0.4, 0.5) is 10.1 Å². The van der Waals surface area contributed by atoms with Crippen molar-refractivity contribution in [3.05, 3.63) is 59.9 Å². The van der Waals surface area contributed by atoms with Crippen LogP contribution in [0, 0.1) is 5.82 Å². The van der Waals surface area contributed by atoms with Crippen LogP contribution < -0.4 is 4.72 Å². The molecule has 22 heavy (non-hydrogen) atoms. The molecule has 3 nitrogen and oxygen atoms in total. The van der Waals surface area contributed by atoms with Gasteiger partial charge in [-0.25, -0.2) is 4.39 Å². The van der Waals surface area contributed by atoms with Crippen LogP contribution >= 0.6 is 23.7 Å². The van der Waals surface area contributed by atoms with Crippen molar-refractivity contribution < 1.29 is 14.0 Å². The molecule has 0 amide bonds. The molecule has 0 saturated carbocycles. The lowest BCUT2D eigenvalue weighted by atomic mass is 10.1. The normalized spacial score (nSPS) is 10.3. The molecule has 0 atom stereocenters. The first-order valence-electron chi connectivity index (χ1n) is 6.49. The van der Waals surface area contributed by atoms with Crippen LogP contribution in [-0.4, -0.2) is 16.7 Å². The number of carbonyl (C=O) groups is 2. The van der Waals surface area contributed by atoms with Crippen molar-refractivity contribution in [2.75, 3.05) is 10.5 Å². The lowest BCUT2D eigenvalue weighted by Crippen LogP contribution is -2.03. The average molecular weight is 335 g/mol. The van der Waals surface area contributed by atoms with E-state index in [1.165, 1.54) is 31.0 Å². The maximum Gasteiger partial charge on any atom is 0.186 e. The second-order valence-corrected chi connectivity index (χ2v) is 6.47. The highest BCUT2D eigenvalue weighted by Gasteiger charge is 2.07. The Bertz CT molecular complexity index is 674. The zero-order chi connectivity index (χ0) is 15.9. The monoisotopic (exact) mass is 335 g/mol. The maximum absolute atomic E-state index is 13.1. The van der Waals surface area contributed by atoms with E-state index in [0.29, 0.717) is 5.56 Å². The number of hydrogen-bond acceptors (Lipinski definition) is 5. The van der Waals surface area contributed by atoms with Crippen LogP contribution in [0.5, 0.6) is 0 Å². The van der Waals surface area contributed by atoms with Crippen molar-refractivity contribution in [2.24, 2.45) is 0 Å². The van der Waals surface area contributed by atoms with Gasteiger partial charge in [0, 0.05) is 23.1 Å². The highest BCUT2D eigenvalue weighted by Crippen LogP contribution is 2.22. The van der Waals surface area contributed by atoms with Crippen molar-refractivity contribution in [3.8, 4) is 0 Å². The topological polar surface area (TPSA) is 46.2 Å². The van der Waals surface area contributed by atoms with E-state index in [-0.39, 0.29) is 22.5 Å². The Morgan fingerprint density at radius 1 is 1.14 bits per heavy atom. The van der Waals surface area contributed by atoms with E-state index in [2.05, 4.69) is 4.72 Å². The van der Waals surface area contributed by atoms with Gasteiger partial charge in [0.15, 0.2) is 10.9 Å². The molecule has 0 fully saturated rings. The predicted octanol–water partition coefficient (Wildman–Crippen LogP) is 4.41. The number of thioether (sulfide) groups is 1. The molecule has 0 aliphatic rings. The van der Waals surface area contributed by atoms with Crippen molar-refractivity contribution >= 4 is 40.3 Å². The molecule has 0 bridgehead atoms. The summed E-state index contributed by atoms with van der Waals surface area (Å²) in [7, 11) is 0. The van der Waals surface area contributed by atoms with Gasteiger partial charge in [0.25, 0.3) is 0 Å². The van der Waals surface area contributed by atoms with Gasteiger partial charge in [-0.05, 0) is 54.4 Å². The van der Waals surface area contributed by atoms with Crippen LogP contribution in [-0.2, 0) is 4.79 Å². The summed E-state index contributed by atoms with van der Waals surface area (Å²) in [5, 5.41) is -0.0712. The van der Waals surface area contributed by atoms with E-state index in [9.17, 15) is 14.0 Å². The van der Waals surface area contributed by atoms with E-state index in [1.807, 2.05) is 0 Å². The Hall–Kier alpha value is -1.79. The first kappa shape index (κ1) is 16.6. The molecule has 2 rings (SSSR count). The molecule has 0 heterocycles. The van der Waals surface area contributed by atoms with Gasteiger partial charge >= 0.3 is 0 Å². The zero-order valence-corrected chi connectivity index (χ0v) is 13.5. The van der Waals surface area contributed by atoms with Gasteiger partial charge in [-0.1, -0.05) is 17.8 Å². The highest BCUT2D eigenvalue weighted by atomic mass is 32.2. The fourth-order valence-electron chi connectivity index (χ4n) is 1.62. The van der Waals surface area contributed by atoms with Gasteiger partial charge in [-0.2, -0.15) is 0 Å². The van der Waals surface area contributed by atoms with Crippen molar-refractivity contribution in [1.29, 1.82) is 0 Å². The van der Waals surface area contributed by atoms with E-state index < -0.39 is 0 Å². The second-order valence-electron chi connectivity index (χ2n) is 4.44. The third-order valence-corrected chi connectivity index (χ3v) is 4.34. The summed E-state index contributed by atoms with van der Waals surface area (Å²) in [6, 6.07) is 13.2. The first-order chi connectivity index (χ1) is 10.5. The van der Waals surface area contributed by atoms with Gasteiger partial charge in [-0.15, -0.1) is 0 Å². The third kappa shape index (κ3) is 5.20. The van der Waals surface area contributed by atoms with Gasteiger partial charge in [-0.3, -0.25) is 9.59 Å². The summed E-state index contributed by atoms with van der Waals surface area (Å²) in [5.74, 6) is -0.208. The molecular weight excluding hydrogens is 321 g/mol. The van der Waals surface area contributed by atoms with Crippen LogP contribution in [0.15, 0.2) is 53.4 Å². The lowest BCUT2D eigenvalue weighted by Gasteiger charge is -2.06. The number of nitrogens with one attached hydrogen (secondary N) is 1. The van der Waals surface area contributed by atoms with E-state index >= 15 is 0 Å². The molecule has 0 aromatic heterocycles. The molecule has 1 N–H and O–H groups in total. The minimum Gasteiger partial charge on any atom is -0.326 e. The summed E-state index contributed by atoms with van der Waals surface area (Å²) in [6.45, 7) is 1.44. The molecule has 0 radical (unpaired) electrons. The molecule has 0 aliphatic carbocycles. The number of Topliss-reactive ketones (excluding diaryl/α,β-unsaturated/α-hetero) is 1. The fraction of sp³-hybridized carbons (Fsp3) is 0.125. The number of ketones is 1. The van der Waals surface area contributed by atoms with E-state index in [1.54, 1.807) is 36.4 Å². The van der Waals surface area contributed by atoms with Gasteiger partial charge in [0.2, 0.25) is 0 Å². The van der Waals surface area contributed by atoms with Crippen LogP contribution in [0.1, 0.15) is 17.3 Å². The summed E-state index contributed by atoms with van der Waals surface area (Å²) in [4.78, 5) is 23.4. The van der Waals surface area contributed by atoms with E-state index in [4.69, 9.17) is 0 Å². The largest absolute Gasteiger partial charge is 0.326 e. The lowest BCUT2D eigenvalue weighted by molar-refractivity contribution is -0.109. The van der Waals surface area contributed by atoms with E-state index in [0.717, 1.165) is 22.3 Å². The standard InChI is InChI=1S/C16H14FNO2S2/c1-11(19)21-10-16(20)12-5-7-14(8-6-12)18-22-15-4-2-3-13(17)9-15/h2-9,18H,10H2,1H3. The first-order valence-corrected chi connectivity index (χ1v) is 8.30. The number of anilines is 1. The smallest absolute Gasteiger partial charge is 0.186 e. The molecule has 0 saturated heterocycles. The number of rotatable bonds is 6. The Kier molecular flexibility index (Phi) is 6.03. The molecule has 114 valence electrons. The summed E-state index contributed by atoms with van der Waals surface area (Å²) >= 11 is 2.30. The molecule has 2 aromatic rings. The van der Waals surface area contributed by atoms with Crippen molar-refractivity contribution in [1.82, 2.24) is 0 Å². The summed E-state index contributed by atoms with van der Waals surface area (Å²) in [6.07, 6.45) is 0. The minimum atomic E-state index is -0.282. The predicted molar refractivity (Wildman–Crippen MR) is 89.8 cm³/mol. The minimum absolute atomic E-state index is 0.0712. The molecule has 6 heteroatoms. The second kappa shape index (κ2) is 8.00. The fourth-order valence-corrected chi connectivity index (χ4v) is 2.81. The Morgan fingerprint density at radius 2 is 1.86 bits per heavy atom. The van der Waals surface area contributed by atoms with Crippen LogP contribution in [0.3, 0.4) is 0 Å². The van der Waals surface area contributed by atoms with Crippen LogP contribution in [0.2, 0.25) is 0 Å². The number of halogens is 1. The molecule has 0 aliphatic heterocycles. The van der Waals surface area contributed by atoms with Gasteiger partial charge < -0.3 is 4.72 Å². The number of carbonyl (C=O) groups excluding carboxylic acids is 2. The molecule has 0 spiro atoms. The maximum atomic E-state index is 13.1. The Balaban J connectivity index is 1.91. The molecule has 0 unspecified atom stereocenters. The Labute approximate surface area is 136 Å². The highest BCUT2D eigenvalue weighted by molar-refractivity contribution is 8.14. The quantitative estimate of drug-likeness (QED) is 0.626. The summed E-state index contributed by atoms with van der Waals surface area (Å²) in [5.41, 5.74) is 1.38. The molecule has 2 aromatic carbocycles. The van der Waals surface area contributed by atoms with Gasteiger partial charge in [0.05, 0.1) is 5.75 Å². The van der Waals surface area contributed by atoms with Crippen molar-refractivity contribution in [3.63, 3.8) is 0 Å². The summed E-state index contributed by atoms with van der Waals surface area (Å²) < 4.78 is 16.1. The Morgan fingerprint density at radius 3 is 2.50 bits per heavy atom. The van der Waals surface area contributed by atoms with Crippen LogP contribution in [0.25, 0.3) is 0 Å². The third-order valence-electron chi connectivity index (χ3n) is 2.70. The van der Waals surface area contributed by atoms with Gasteiger partial charge in [0.1, 0.15) is 5.82 Å². The number of benzene rings is 2. The average Bonchev–Trinajstić information content (AvgIpc) is 2.51. The molecular formula is C16H14FNO2S2. The number of hydrogen-bond donors (Lipinski definition) is 1. The zero-order valence-electron chi connectivity index (χ0n) is 11.8. The van der Waals surface area contributed by atoms with Crippen molar-refractivity contribution in [2.45, 2.75) is 11.8 Å².